The maximum atomic E-state index is 12.4. The lowest BCUT2D eigenvalue weighted by atomic mass is 9.98. The van der Waals surface area contributed by atoms with Crippen LogP contribution in [-0.4, -0.2) is 24.6 Å². The van der Waals surface area contributed by atoms with Crippen LogP contribution in [0.5, 0.6) is 5.75 Å². The van der Waals surface area contributed by atoms with E-state index in [9.17, 15) is 14.9 Å². The van der Waals surface area contributed by atoms with Gasteiger partial charge in [0, 0.05) is 20.1 Å². The molecule has 1 aromatic carbocycles. The number of nitrogens with one attached hydrogen (secondary N) is 1. The molecule has 1 atom stereocenters. The van der Waals surface area contributed by atoms with E-state index in [1.807, 2.05) is 6.07 Å². The lowest BCUT2D eigenvalue weighted by molar-refractivity contribution is -0.138. The normalized spacial score (nSPS) is 16.3. The first kappa shape index (κ1) is 16.0. The fourth-order valence-corrected chi connectivity index (χ4v) is 2.28. The lowest BCUT2D eigenvalue weighted by Gasteiger charge is -2.26. The number of carbonyl (C=O) groups is 2. The SMILES string of the molecule is CO[C@@](C)(C(=O)Nc1ccc(OC(C)=O)cc1C#N)C1CC1. The maximum Gasteiger partial charge on any atom is 0.308 e. The van der Waals surface area contributed by atoms with Crippen LogP contribution in [-0.2, 0) is 14.3 Å². The molecular formula is C16H18N2O4. The van der Waals surface area contributed by atoms with Gasteiger partial charge in [0.05, 0.1) is 11.3 Å². The topological polar surface area (TPSA) is 88.4 Å². The molecule has 0 saturated heterocycles. The summed E-state index contributed by atoms with van der Waals surface area (Å²) >= 11 is 0. The Labute approximate surface area is 129 Å². The molecule has 6 nitrogen and oxygen atoms in total. The Hall–Kier alpha value is -2.39. The number of benzene rings is 1. The number of anilines is 1. The molecule has 1 saturated carbocycles. The van der Waals surface area contributed by atoms with Crippen LogP contribution < -0.4 is 10.1 Å². The summed E-state index contributed by atoms with van der Waals surface area (Å²) in [6.07, 6.45) is 1.91. The zero-order valence-electron chi connectivity index (χ0n) is 12.8. The smallest absolute Gasteiger partial charge is 0.308 e. The summed E-state index contributed by atoms with van der Waals surface area (Å²) in [4.78, 5) is 23.4. The van der Waals surface area contributed by atoms with Gasteiger partial charge in [-0.05, 0) is 37.8 Å². The van der Waals surface area contributed by atoms with Crippen LogP contribution in [0.25, 0.3) is 0 Å². The number of carbonyl (C=O) groups excluding carboxylic acids is 2. The van der Waals surface area contributed by atoms with Gasteiger partial charge in [0.15, 0.2) is 0 Å². The van der Waals surface area contributed by atoms with E-state index < -0.39 is 11.6 Å². The molecule has 116 valence electrons. The van der Waals surface area contributed by atoms with Crippen molar-refractivity contribution in [3.8, 4) is 11.8 Å². The van der Waals surface area contributed by atoms with Crippen LogP contribution in [0.15, 0.2) is 18.2 Å². The Balaban J connectivity index is 2.20. The van der Waals surface area contributed by atoms with E-state index in [1.54, 1.807) is 6.92 Å². The number of rotatable bonds is 5. The molecular weight excluding hydrogens is 284 g/mol. The largest absolute Gasteiger partial charge is 0.427 e. The summed E-state index contributed by atoms with van der Waals surface area (Å²) in [6.45, 7) is 3.03. The van der Waals surface area contributed by atoms with Crippen LogP contribution in [0.1, 0.15) is 32.3 Å². The number of hydrogen-bond acceptors (Lipinski definition) is 5. The third-order valence-electron chi connectivity index (χ3n) is 3.85. The predicted molar refractivity (Wildman–Crippen MR) is 79.2 cm³/mol. The number of ether oxygens (including phenoxy) is 2. The molecule has 6 heteroatoms. The van der Waals surface area contributed by atoms with Gasteiger partial charge in [-0.25, -0.2) is 0 Å². The summed E-state index contributed by atoms with van der Waals surface area (Å²) in [5, 5.41) is 11.9. The Morgan fingerprint density at radius 2 is 2.09 bits per heavy atom. The van der Waals surface area contributed by atoms with E-state index in [0.29, 0.717) is 5.69 Å². The molecule has 2 rings (SSSR count). The minimum atomic E-state index is -0.902. The van der Waals surface area contributed by atoms with Crippen molar-refractivity contribution in [3.63, 3.8) is 0 Å². The second-order valence-corrected chi connectivity index (χ2v) is 5.45. The van der Waals surface area contributed by atoms with Gasteiger partial charge in [0.25, 0.3) is 5.91 Å². The monoisotopic (exact) mass is 302 g/mol. The molecule has 0 radical (unpaired) electrons. The van der Waals surface area contributed by atoms with E-state index in [4.69, 9.17) is 9.47 Å². The molecule has 1 aliphatic rings. The zero-order chi connectivity index (χ0) is 16.3. The molecule has 0 aliphatic heterocycles. The second-order valence-electron chi connectivity index (χ2n) is 5.45. The average Bonchev–Trinajstić information content (AvgIpc) is 3.32. The third-order valence-corrected chi connectivity index (χ3v) is 3.85. The lowest BCUT2D eigenvalue weighted by Crippen LogP contribution is -2.44. The van der Waals surface area contributed by atoms with Crippen LogP contribution in [0.3, 0.4) is 0 Å². The van der Waals surface area contributed by atoms with Crippen molar-refractivity contribution >= 4 is 17.6 Å². The molecule has 1 aromatic rings. The van der Waals surface area contributed by atoms with Crippen LogP contribution >= 0.6 is 0 Å². The first-order chi connectivity index (χ1) is 10.4. The first-order valence-corrected chi connectivity index (χ1v) is 7.00. The number of hydrogen-bond donors (Lipinski definition) is 1. The van der Waals surface area contributed by atoms with Crippen LogP contribution in [0.2, 0.25) is 0 Å². The quantitative estimate of drug-likeness (QED) is 0.665. The highest BCUT2D eigenvalue weighted by atomic mass is 16.5. The zero-order valence-corrected chi connectivity index (χ0v) is 12.8. The highest BCUT2D eigenvalue weighted by Crippen LogP contribution is 2.42. The minimum absolute atomic E-state index is 0.198. The first-order valence-electron chi connectivity index (χ1n) is 7.00. The van der Waals surface area contributed by atoms with Gasteiger partial charge in [-0.1, -0.05) is 0 Å². The molecule has 1 aliphatic carbocycles. The van der Waals surface area contributed by atoms with Crippen molar-refractivity contribution in [1.29, 1.82) is 5.26 Å². The van der Waals surface area contributed by atoms with Crippen molar-refractivity contribution in [2.75, 3.05) is 12.4 Å². The van der Waals surface area contributed by atoms with Gasteiger partial charge in [-0.2, -0.15) is 5.26 Å². The number of amides is 1. The van der Waals surface area contributed by atoms with E-state index in [1.165, 1.54) is 32.2 Å². The van der Waals surface area contributed by atoms with Crippen molar-refractivity contribution in [2.24, 2.45) is 5.92 Å². The maximum absolute atomic E-state index is 12.4. The van der Waals surface area contributed by atoms with Crippen molar-refractivity contribution in [1.82, 2.24) is 0 Å². The fourth-order valence-electron chi connectivity index (χ4n) is 2.28. The molecule has 0 spiro atoms. The Kier molecular flexibility index (Phi) is 4.48. The summed E-state index contributed by atoms with van der Waals surface area (Å²) < 4.78 is 10.3. The molecule has 0 heterocycles. The van der Waals surface area contributed by atoms with Gasteiger partial charge in [-0.3, -0.25) is 9.59 Å². The summed E-state index contributed by atoms with van der Waals surface area (Å²) in [5.41, 5.74) is -0.310. The van der Waals surface area contributed by atoms with Crippen molar-refractivity contribution in [3.05, 3.63) is 23.8 Å². The summed E-state index contributed by atoms with van der Waals surface area (Å²) in [5.74, 6) is -0.294. The predicted octanol–water partition coefficient (Wildman–Crippen LogP) is 2.24. The standard InChI is InChI=1S/C16H18N2O4/c1-10(19)22-13-6-7-14(11(8-13)9-17)18-15(20)16(2,21-3)12-4-5-12/h6-8,12H,4-5H2,1-3H3,(H,18,20)/t16-/m1/s1. The van der Waals surface area contributed by atoms with Gasteiger partial charge in [0.2, 0.25) is 0 Å². The Bertz CT molecular complexity index is 646. The minimum Gasteiger partial charge on any atom is -0.427 e. The molecule has 1 amide bonds. The molecule has 22 heavy (non-hydrogen) atoms. The number of nitrogens with zero attached hydrogens (tertiary/aromatic N) is 1. The van der Waals surface area contributed by atoms with Crippen molar-refractivity contribution < 1.29 is 19.1 Å². The molecule has 1 N–H and O–H groups in total. The van der Waals surface area contributed by atoms with E-state index in [-0.39, 0.29) is 23.1 Å². The van der Waals surface area contributed by atoms with E-state index >= 15 is 0 Å². The van der Waals surface area contributed by atoms with E-state index in [0.717, 1.165) is 12.8 Å². The second kappa shape index (κ2) is 6.16. The van der Waals surface area contributed by atoms with Crippen LogP contribution in [0.4, 0.5) is 5.69 Å². The summed E-state index contributed by atoms with van der Waals surface area (Å²) in [6, 6.07) is 6.46. The number of methoxy groups -OCH3 is 1. The van der Waals surface area contributed by atoms with Gasteiger partial charge >= 0.3 is 5.97 Å². The summed E-state index contributed by atoms with van der Waals surface area (Å²) in [7, 11) is 1.51. The van der Waals surface area contributed by atoms with Crippen molar-refractivity contribution in [2.45, 2.75) is 32.3 Å². The van der Waals surface area contributed by atoms with Gasteiger partial charge in [-0.15, -0.1) is 0 Å². The molecule has 0 unspecified atom stereocenters. The average molecular weight is 302 g/mol. The molecule has 1 fully saturated rings. The Morgan fingerprint density at radius 1 is 1.41 bits per heavy atom. The fraction of sp³-hybridized carbons (Fsp3) is 0.438. The number of esters is 1. The highest BCUT2D eigenvalue weighted by Gasteiger charge is 2.47. The van der Waals surface area contributed by atoms with Gasteiger partial charge < -0.3 is 14.8 Å². The molecule has 0 aromatic heterocycles. The third kappa shape index (κ3) is 3.26. The molecule has 0 bridgehead atoms. The van der Waals surface area contributed by atoms with Crippen LogP contribution in [0, 0.1) is 17.2 Å². The highest BCUT2D eigenvalue weighted by molar-refractivity contribution is 5.98. The Morgan fingerprint density at radius 3 is 2.59 bits per heavy atom. The van der Waals surface area contributed by atoms with E-state index in [2.05, 4.69) is 5.32 Å². The number of nitriles is 1. The van der Waals surface area contributed by atoms with Gasteiger partial charge in [0.1, 0.15) is 17.4 Å².